The van der Waals surface area contributed by atoms with Gasteiger partial charge in [-0.25, -0.2) is 0 Å². The second-order valence-corrected chi connectivity index (χ2v) is 2.34. The molecule has 0 unspecified atom stereocenters. The van der Waals surface area contributed by atoms with Crippen LogP contribution in [0.15, 0.2) is 36.9 Å². The second kappa shape index (κ2) is 3.81. The zero-order valence-corrected chi connectivity index (χ0v) is 6.71. The van der Waals surface area contributed by atoms with Gasteiger partial charge in [0.15, 0.2) is 0 Å². The number of methoxy groups -OCH3 is 1. The van der Waals surface area contributed by atoms with Gasteiger partial charge in [0.25, 0.3) is 0 Å². The molecule has 1 aromatic carbocycles. The van der Waals surface area contributed by atoms with E-state index in [0.717, 1.165) is 12.2 Å². The number of ether oxygens (including phenoxy) is 1. The van der Waals surface area contributed by atoms with E-state index in [2.05, 4.69) is 12.6 Å². The van der Waals surface area contributed by atoms with Crippen molar-refractivity contribution in [1.29, 1.82) is 0 Å². The molecule has 0 saturated heterocycles. The van der Waals surface area contributed by atoms with Crippen molar-refractivity contribution in [3.8, 4) is 5.75 Å². The molecule has 0 aromatic heterocycles. The molecule has 0 aliphatic carbocycles. The standard InChI is InChI=1S/C10H12O/c1-3-5-9-6-4-7-10(8-9)11-2/h3-4,6-8H,1,5H2,2H3. The molecule has 0 bridgehead atoms. The van der Waals surface area contributed by atoms with Crippen LogP contribution in [0.25, 0.3) is 0 Å². The predicted molar refractivity (Wildman–Crippen MR) is 46.9 cm³/mol. The summed E-state index contributed by atoms with van der Waals surface area (Å²) < 4.78 is 5.07. The van der Waals surface area contributed by atoms with Crippen LogP contribution in [0.1, 0.15) is 5.56 Å². The normalized spacial score (nSPS) is 9.18. The Labute approximate surface area is 67.3 Å². The molecule has 0 aliphatic rings. The molecule has 11 heavy (non-hydrogen) atoms. The monoisotopic (exact) mass is 148 g/mol. The molecular formula is C10H12O. The Bertz CT molecular complexity index is 240. The van der Waals surface area contributed by atoms with Gasteiger partial charge < -0.3 is 4.74 Å². The predicted octanol–water partition coefficient (Wildman–Crippen LogP) is 2.42. The van der Waals surface area contributed by atoms with Gasteiger partial charge in [-0.15, -0.1) is 6.58 Å². The van der Waals surface area contributed by atoms with E-state index in [9.17, 15) is 0 Å². The lowest BCUT2D eigenvalue weighted by atomic mass is 10.1. The van der Waals surface area contributed by atoms with E-state index >= 15 is 0 Å². The third-order valence-electron chi connectivity index (χ3n) is 1.51. The van der Waals surface area contributed by atoms with Crippen LogP contribution in [0.4, 0.5) is 0 Å². The maximum Gasteiger partial charge on any atom is 0.119 e. The van der Waals surface area contributed by atoms with Crippen molar-refractivity contribution in [2.45, 2.75) is 6.42 Å². The van der Waals surface area contributed by atoms with Crippen molar-refractivity contribution in [3.63, 3.8) is 0 Å². The number of benzene rings is 1. The number of rotatable bonds is 3. The minimum absolute atomic E-state index is 0.900. The summed E-state index contributed by atoms with van der Waals surface area (Å²) in [5.74, 6) is 0.907. The fraction of sp³-hybridized carbons (Fsp3) is 0.200. The van der Waals surface area contributed by atoms with Crippen LogP contribution in [0.2, 0.25) is 0 Å². The molecule has 0 spiro atoms. The molecule has 0 atom stereocenters. The minimum atomic E-state index is 0.900. The van der Waals surface area contributed by atoms with E-state index in [1.54, 1.807) is 7.11 Å². The highest BCUT2D eigenvalue weighted by Gasteiger charge is 1.91. The summed E-state index contributed by atoms with van der Waals surface area (Å²) >= 11 is 0. The average molecular weight is 148 g/mol. The molecule has 58 valence electrons. The Morgan fingerprint density at radius 3 is 3.00 bits per heavy atom. The largest absolute Gasteiger partial charge is 0.497 e. The lowest BCUT2D eigenvalue weighted by molar-refractivity contribution is 0.414. The lowest BCUT2D eigenvalue weighted by Crippen LogP contribution is -1.84. The van der Waals surface area contributed by atoms with Gasteiger partial charge in [0.2, 0.25) is 0 Å². The smallest absolute Gasteiger partial charge is 0.119 e. The van der Waals surface area contributed by atoms with Crippen molar-refractivity contribution in [1.82, 2.24) is 0 Å². The highest BCUT2D eigenvalue weighted by molar-refractivity contribution is 5.29. The average Bonchev–Trinajstić information content (AvgIpc) is 2.06. The van der Waals surface area contributed by atoms with Gasteiger partial charge in [-0.1, -0.05) is 18.2 Å². The van der Waals surface area contributed by atoms with Gasteiger partial charge in [-0.2, -0.15) is 0 Å². The fourth-order valence-electron chi connectivity index (χ4n) is 0.966. The molecule has 1 nitrogen and oxygen atoms in total. The van der Waals surface area contributed by atoms with Crippen LogP contribution in [0.5, 0.6) is 5.75 Å². The summed E-state index contributed by atoms with van der Waals surface area (Å²) in [6.07, 6.45) is 2.78. The minimum Gasteiger partial charge on any atom is -0.497 e. The Morgan fingerprint density at radius 1 is 1.55 bits per heavy atom. The molecule has 0 radical (unpaired) electrons. The Hall–Kier alpha value is -1.24. The van der Waals surface area contributed by atoms with Crippen LogP contribution in [0, 0.1) is 0 Å². The molecular weight excluding hydrogens is 136 g/mol. The summed E-state index contributed by atoms with van der Waals surface area (Å²) in [5, 5.41) is 0. The van der Waals surface area contributed by atoms with E-state index in [-0.39, 0.29) is 0 Å². The van der Waals surface area contributed by atoms with Crippen molar-refractivity contribution in [2.24, 2.45) is 0 Å². The van der Waals surface area contributed by atoms with Gasteiger partial charge >= 0.3 is 0 Å². The third kappa shape index (κ3) is 2.11. The number of hydrogen-bond donors (Lipinski definition) is 0. The number of allylic oxidation sites excluding steroid dienone is 1. The molecule has 0 fully saturated rings. The SMILES string of the molecule is C=CCc1cccc(OC)c1. The first-order valence-electron chi connectivity index (χ1n) is 3.60. The first-order chi connectivity index (χ1) is 5.36. The summed E-state index contributed by atoms with van der Waals surface area (Å²) in [6.45, 7) is 3.67. The molecule has 0 saturated carbocycles. The van der Waals surface area contributed by atoms with Crippen LogP contribution in [-0.2, 0) is 6.42 Å². The molecule has 0 amide bonds. The molecule has 1 rings (SSSR count). The summed E-state index contributed by atoms with van der Waals surface area (Å²) in [6, 6.07) is 8.00. The van der Waals surface area contributed by atoms with Gasteiger partial charge in [0, 0.05) is 0 Å². The van der Waals surface area contributed by atoms with Crippen molar-refractivity contribution < 1.29 is 4.74 Å². The topological polar surface area (TPSA) is 9.23 Å². The summed E-state index contributed by atoms with van der Waals surface area (Å²) in [5.41, 5.74) is 1.24. The maximum absolute atomic E-state index is 5.07. The molecule has 1 aromatic rings. The zero-order valence-electron chi connectivity index (χ0n) is 6.71. The van der Waals surface area contributed by atoms with Crippen LogP contribution < -0.4 is 4.74 Å². The van der Waals surface area contributed by atoms with Crippen LogP contribution in [0.3, 0.4) is 0 Å². The van der Waals surface area contributed by atoms with Crippen LogP contribution in [-0.4, -0.2) is 7.11 Å². The Kier molecular flexibility index (Phi) is 2.73. The van der Waals surface area contributed by atoms with E-state index in [4.69, 9.17) is 4.74 Å². The lowest BCUT2D eigenvalue weighted by Gasteiger charge is -2.00. The zero-order chi connectivity index (χ0) is 8.10. The molecule has 0 N–H and O–H groups in total. The van der Waals surface area contributed by atoms with Crippen molar-refractivity contribution in [3.05, 3.63) is 42.5 Å². The third-order valence-corrected chi connectivity index (χ3v) is 1.51. The van der Waals surface area contributed by atoms with E-state index < -0.39 is 0 Å². The Balaban J connectivity index is 2.82. The summed E-state index contributed by atoms with van der Waals surface area (Å²) in [7, 11) is 1.67. The molecule has 0 aliphatic heterocycles. The van der Waals surface area contributed by atoms with Gasteiger partial charge in [-0.05, 0) is 24.1 Å². The number of hydrogen-bond acceptors (Lipinski definition) is 1. The van der Waals surface area contributed by atoms with Crippen molar-refractivity contribution >= 4 is 0 Å². The highest BCUT2D eigenvalue weighted by Crippen LogP contribution is 2.12. The van der Waals surface area contributed by atoms with E-state index in [0.29, 0.717) is 0 Å². The van der Waals surface area contributed by atoms with E-state index in [1.807, 2.05) is 24.3 Å². The fourth-order valence-corrected chi connectivity index (χ4v) is 0.966. The van der Waals surface area contributed by atoms with Crippen LogP contribution >= 0.6 is 0 Å². The highest BCUT2D eigenvalue weighted by atomic mass is 16.5. The quantitative estimate of drug-likeness (QED) is 0.598. The maximum atomic E-state index is 5.07. The molecule has 0 heterocycles. The Morgan fingerprint density at radius 2 is 2.36 bits per heavy atom. The van der Waals surface area contributed by atoms with E-state index in [1.165, 1.54) is 5.56 Å². The first kappa shape index (κ1) is 7.86. The second-order valence-electron chi connectivity index (χ2n) is 2.34. The molecule has 1 heteroatoms. The van der Waals surface area contributed by atoms with Gasteiger partial charge in [-0.3, -0.25) is 0 Å². The first-order valence-corrected chi connectivity index (χ1v) is 3.60. The van der Waals surface area contributed by atoms with Crippen molar-refractivity contribution in [2.75, 3.05) is 7.11 Å². The summed E-state index contributed by atoms with van der Waals surface area (Å²) in [4.78, 5) is 0. The van der Waals surface area contributed by atoms with Gasteiger partial charge in [0.05, 0.1) is 7.11 Å². The van der Waals surface area contributed by atoms with Gasteiger partial charge in [0.1, 0.15) is 5.75 Å².